The number of hydrogen-bond donors (Lipinski definition) is 1. The molecule has 0 radical (unpaired) electrons. The average molecular weight is 262 g/mol. The number of aliphatic hydroxyl groups excluding tert-OH is 1. The molecule has 2 rings (SSSR count). The first kappa shape index (κ1) is 13.6. The van der Waals surface area contributed by atoms with Crippen LogP contribution in [0.5, 0.6) is 0 Å². The van der Waals surface area contributed by atoms with E-state index in [1.807, 2.05) is 24.1 Å². The molecule has 1 unspecified atom stereocenters. The van der Waals surface area contributed by atoms with E-state index in [4.69, 9.17) is 4.52 Å². The summed E-state index contributed by atoms with van der Waals surface area (Å²) >= 11 is 0. The normalized spacial score (nSPS) is 12.8. The van der Waals surface area contributed by atoms with Crippen LogP contribution in [0.2, 0.25) is 0 Å². The van der Waals surface area contributed by atoms with Gasteiger partial charge in [0.1, 0.15) is 0 Å². The lowest BCUT2D eigenvalue weighted by Crippen LogP contribution is -2.22. The maximum Gasteiger partial charge on any atom is 0.241 e. The number of aliphatic hydroxyl groups is 1. The zero-order valence-corrected chi connectivity index (χ0v) is 11.2. The van der Waals surface area contributed by atoms with Crippen LogP contribution in [0, 0.1) is 0 Å². The van der Waals surface area contributed by atoms with Crippen molar-refractivity contribution in [3.63, 3.8) is 0 Å². The van der Waals surface area contributed by atoms with Crippen molar-refractivity contribution in [2.75, 3.05) is 13.6 Å². The van der Waals surface area contributed by atoms with Crippen LogP contribution in [0.3, 0.4) is 0 Å². The number of rotatable bonds is 6. The van der Waals surface area contributed by atoms with Gasteiger partial charge in [-0.2, -0.15) is 4.98 Å². The van der Waals surface area contributed by atoms with E-state index in [9.17, 15) is 5.11 Å². The quantitative estimate of drug-likeness (QED) is 0.846. The van der Waals surface area contributed by atoms with Gasteiger partial charge in [-0.1, -0.05) is 5.16 Å². The lowest BCUT2D eigenvalue weighted by atomic mass is 10.3. The van der Waals surface area contributed by atoms with E-state index in [2.05, 4.69) is 15.1 Å². The molecule has 0 aliphatic rings. The van der Waals surface area contributed by atoms with Gasteiger partial charge in [-0.3, -0.25) is 9.88 Å². The van der Waals surface area contributed by atoms with Crippen LogP contribution < -0.4 is 0 Å². The van der Waals surface area contributed by atoms with Crippen molar-refractivity contribution in [1.82, 2.24) is 20.0 Å². The van der Waals surface area contributed by atoms with Gasteiger partial charge in [0.15, 0.2) is 0 Å². The van der Waals surface area contributed by atoms with E-state index in [0.717, 1.165) is 18.5 Å². The van der Waals surface area contributed by atoms with E-state index >= 15 is 0 Å². The number of pyridine rings is 1. The van der Waals surface area contributed by atoms with Crippen molar-refractivity contribution in [1.29, 1.82) is 0 Å². The standard InChI is InChI=1S/C13H18N4O2/c1-10(18)5-7-17(2)9-12-15-13(16-19-12)11-4-3-6-14-8-11/h3-4,6,8,10,18H,5,7,9H2,1-2H3. The molecule has 0 spiro atoms. The Morgan fingerprint density at radius 3 is 3.00 bits per heavy atom. The number of hydrogen-bond acceptors (Lipinski definition) is 6. The monoisotopic (exact) mass is 262 g/mol. The van der Waals surface area contributed by atoms with Gasteiger partial charge < -0.3 is 9.63 Å². The van der Waals surface area contributed by atoms with E-state index < -0.39 is 0 Å². The minimum absolute atomic E-state index is 0.295. The molecule has 102 valence electrons. The maximum atomic E-state index is 9.24. The van der Waals surface area contributed by atoms with E-state index in [1.54, 1.807) is 19.3 Å². The van der Waals surface area contributed by atoms with Crippen LogP contribution >= 0.6 is 0 Å². The summed E-state index contributed by atoms with van der Waals surface area (Å²) in [4.78, 5) is 10.4. The van der Waals surface area contributed by atoms with Crippen LogP contribution in [-0.2, 0) is 6.54 Å². The molecule has 6 heteroatoms. The second kappa shape index (κ2) is 6.40. The van der Waals surface area contributed by atoms with Gasteiger partial charge in [-0.05, 0) is 32.5 Å². The van der Waals surface area contributed by atoms with Crippen molar-refractivity contribution in [2.24, 2.45) is 0 Å². The minimum Gasteiger partial charge on any atom is -0.393 e. The van der Waals surface area contributed by atoms with Crippen LogP contribution in [0.25, 0.3) is 11.4 Å². The summed E-state index contributed by atoms with van der Waals surface area (Å²) in [6, 6.07) is 3.72. The first-order valence-electron chi connectivity index (χ1n) is 6.24. The summed E-state index contributed by atoms with van der Waals surface area (Å²) in [5.41, 5.74) is 0.837. The number of aromatic nitrogens is 3. The molecule has 1 atom stereocenters. The van der Waals surface area contributed by atoms with Crippen molar-refractivity contribution in [2.45, 2.75) is 26.0 Å². The third-order valence-electron chi connectivity index (χ3n) is 2.72. The summed E-state index contributed by atoms with van der Waals surface area (Å²) in [6.45, 7) is 3.13. The summed E-state index contributed by atoms with van der Waals surface area (Å²) < 4.78 is 5.20. The van der Waals surface area contributed by atoms with Crippen LogP contribution in [0.15, 0.2) is 29.0 Å². The predicted octanol–water partition coefficient (Wildman–Crippen LogP) is 1.33. The molecule has 6 nitrogen and oxygen atoms in total. The van der Waals surface area contributed by atoms with Crippen molar-refractivity contribution >= 4 is 0 Å². The van der Waals surface area contributed by atoms with Crippen molar-refractivity contribution in [3.05, 3.63) is 30.4 Å². The Labute approximate surface area is 112 Å². The average Bonchev–Trinajstić information content (AvgIpc) is 2.86. The van der Waals surface area contributed by atoms with Gasteiger partial charge in [-0.25, -0.2) is 0 Å². The Morgan fingerprint density at radius 1 is 1.47 bits per heavy atom. The van der Waals surface area contributed by atoms with Crippen LogP contribution in [0.1, 0.15) is 19.2 Å². The fourth-order valence-electron chi connectivity index (χ4n) is 1.65. The Hall–Kier alpha value is -1.79. The molecular weight excluding hydrogens is 244 g/mol. The van der Waals surface area contributed by atoms with Gasteiger partial charge in [0, 0.05) is 24.5 Å². The molecule has 2 aromatic rings. The summed E-state index contributed by atoms with van der Waals surface area (Å²) in [5.74, 6) is 1.11. The molecule has 0 aliphatic heterocycles. The molecule has 0 amide bonds. The highest BCUT2D eigenvalue weighted by Crippen LogP contribution is 2.14. The van der Waals surface area contributed by atoms with Gasteiger partial charge >= 0.3 is 0 Å². The Balaban J connectivity index is 1.94. The van der Waals surface area contributed by atoms with Crippen molar-refractivity contribution < 1.29 is 9.63 Å². The molecule has 2 aromatic heterocycles. The molecule has 0 saturated carbocycles. The zero-order valence-electron chi connectivity index (χ0n) is 11.2. The fourth-order valence-corrected chi connectivity index (χ4v) is 1.65. The molecule has 0 bridgehead atoms. The lowest BCUT2D eigenvalue weighted by molar-refractivity contribution is 0.158. The smallest absolute Gasteiger partial charge is 0.241 e. The summed E-state index contributed by atoms with van der Waals surface area (Å²) in [7, 11) is 1.95. The van der Waals surface area contributed by atoms with Gasteiger partial charge in [0.05, 0.1) is 12.6 Å². The second-order valence-electron chi connectivity index (χ2n) is 4.63. The first-order chi connectivity index (χ1) is 9.15. The summed E-state index contributed by atoms with van der Waals surface area (Å²) in [5, 5.41) is 13.2. The van der Waals surface area contributed by atoms with Gasteiger partial charge in [0.2, 0.25) is 11.7 Å². The highest BCUT2D eigenvalue weighted by Gasteiger charge is 2.11. The Morgan fingerprint density at radius 2 is 2.32 bits per heavy atom. The molecule has 0 aromatic carbocycles. The highest BCUT2D eigenvalue weighted by molar-refractivity contribution is 5.51. The second-order valence-corrected chi connectivity index (χ2v) is 4.63. The van der Waals surface area contributed by atoms with Gasteiger partial charge in [-0.15, -0.1) is 0 Å². The van der Waals surface area contributed by atoms with Crippen molar-refractivity contribution in [3.8, 4) is 11.4 Å². The third kappa shape index (κ3) is 4.11. The van der Waals surface area contributed by atoms with Crippen LogP contribution in [0.4, 0.5) is 0 Å². The first-order valence-corrected chi connectivity index (χ1v) is 6.24. The largest absolute Gasteiger partial charge is 0.393 e. The Bertz CT molecular complexity index is 498. The maximum absolute atomic E-state index is 9.24. The molecule has 0 saturated heterocycles. The highest BCUT2D eigenvalue weighted by atomic mass is 16.5. The van der Waals surface area contributed by atoms with E-state index in [1.165, 1.54) is 0 Å². The molecular formula is C13H18N4O2. The van der Waals surface area contributed by atoms with Gasteiger partial charge in [0.25, 0.3) is 0 Å². The molecule has 0 fully saturated rings. The lowest BCUT2D eigenvalue weighted by Gasteiger charge is -2.14. The molecule has 19 heavy (non-hydrogen) atoms. The van der Waals surface area contributed by atoms with E-state index in [0.29, 0.717) is 18.3 Å². The fraction of sp³-hybridized carbons (Fsp3) is 0.462. The Kier molecular flexibility index (Phi) is 4.59. The molecule has 2 heterocycles. The SMILES string of the molecule is CC(O)CCN(C)Cc1nc(-c2cccnc2)no1. The van der Waals surface area contributed by atoms with E-state index in [-0.39, 0.29) is 6.10 Å². The van der Waals surface area contributed by atoms with Crippen LogP contribution in [-0.4, -0.2) is 44.8 Å². The zero-order chi connectivity index (χ0) is 13.7. The molecule has 1 N–H and O–H groups in total. The number of nitrogens with zero attached hydrogens (tertiary/aromatic N) is 4. The molecule has 0 aliphatic carbocycles. The minimum atomic E-state index is -0.295. The third-order valence-corrected chi connectivity index (χ3v) is 2.72. The predicted molar refractivity (Wildman–Crippen MR) is 70.2 cm³/mol. The summed E-state index contributed by atoms with van der Waals surface area (Å²) in [6.07, 6.45) is 3.83. The topological polar surface area (TPSA) is 75.3 Å².